The summed E-state index contributed by atoms with van der Waals surface area (Å²) >= 11 is 7.42. The highest BCUT2D eigenvalue weighted by Crippen LogP contribution is 2.38. The molecule has 0 saturated heterocycles. The minimum Gasteiger partial charge on any atom is -0.478 e. The lowest BCUT2D eigenvalue weighted by atomic mass is 10.1. The Morgan fingerprint density at radius 3 is 2.29 bits per heavy atom. The Hall–Kier alpha value is -3.56. The number of carbonyl (C=O) groups is 1. The monoisotopic (exact) mass is 515 g/mol. The van der Waals surface area contributed by atoms with Crippen molar-refractivity contribution in [2.75, 3.05) is 4.31 Å². The minimum absolute atomic E-state index is 0.123. The van der Waals surface area contributed by atoms with Crippen LogP contribution < -0.4 is 4.31 Å². The van der Waals surface area contributed by atoms with Gasteiger partial charge in [0.05, 0.1) is 22.7 Å². The molecule has 0 aliphatic rings. The zero-order chi connectivity index (χ0) is 25.0. The van der Waals surface area contributed by atoms with Crippen LogP contribution in [0.3, 0.4) is 0 Å². The third-order valence-corrected chi connectivity index (χ3v) is 6.26. The van der Waals surface area contributed by atoms with Crippen LogP contribution >= 0.6 is 23.5 Å². The summed E-state index contributed by atoms with van der Waals surface area (Å²) in [6.45, 7) is 0.275. The van der Waals surface area contributed by atoms with Crippen LogP contribution in [0.2, 0.25) is 5.02 Å². The van der Waals surface area contributed by atoms with Crippen molar-refractivity contribution in [3.8, 4) is 11.1 Å². The lowest BCUT2D eigenvalue weighted by molar-refractivity contribution is -0.137. The largest absolute Gasteiger partial charge is 0.478 e. The average molecular weight is 516 g/mol. The Morgan fingerprint density at radius 1 is 1.00 bits per heavy atom. The second-order valence-corrected chi connectivity index (χ2v) is 8.93. The SMILES string of the molecule is O=C(O)c1ccc(SN(Cc2ccc(-c3cccnc3)cc2)c2ncc(C(F)(F)F)cc2Cl)cc1. The van der Waals surface area contributed by atoms with Gasteiger partial charge in [-0.15, -0.1) is 0 Å². The van der Waals surface area contributed by atoms with Gasteiger partial charge in [-0.05, 0) is 65.0 Å². The molecule has 178 valence electrons. The molecule has 0 spiro atoms. The summed E-state index contributed by atoms with van der Waals surface area (Å²) in [6, 6.07) is 18.4. The lowest BCUT2D eigenvalue weighted by Crippen LogP contribution is -2.17. The van der Waals surface area contributed by atoms with E-state index in [0.717, 1.165) is 29.0 Å². The Balaban J connectivity index is 1.64. The molecule has 0 atom stereocenters. The van der Waals surface area contributed by atoms with E-state index in [0.29, 0.717) is 4.90 Å². The van der Waals surface area contributed by atoms with E-state index in [2.05, 4.69) is 9.97 Å². The van der Waals surface area contributed by atoms with Gasteiger partial charge in [-0.25, -0.2) is 9.78 Å². The molecule has 0 aliphatic carbocycles. The van der Waals surface area contributed by atoms with E-state index in [9.17, 15) is 18.0 Å². The van der Waals surface area contributed by atoms with E-state index < -0.39 is 17.7 Å². The van der Waals surface area contributed by atoms with Crippen molar-refractivity contribution in [1.29, 1.82) is 0 Å². The van der Waals surface area contributed by atoms with Crippen LogP contribution in [0.25, 0.3) is 11.1 Å². The maximum absolute atomic E-state index is 13.1. The topological polar surface area (TPSA) is 66.3 Å². The van der Waals surface area contributed by atoms with Crippen LogP contribution in [0.5, 0.6) is 0 Å². The predicted octanol–water partition coefficient (Wildman–Crippen LogP) is 7.23. The quantitative estimate of drug-likeness (QED) is 0.262. The van der Waals surface area contributed by atoms with E-state index >= 15 is 0 Å². The first-order valence-corrected chi connectivity index (χ1v) is 11.4. The molecular formula is C25H17ClF3N3O2S. The molecule has 4 aromatic rings. The molecule has 2 aromatic carbocycles. The Kier molecular flexibility index (Phi) is 7.28. The van der Waals surface area contributed by atoms with Crippen molar-refractivity contribution in [3.05, 3.63) is 107 Å². The van der Waals surface area contributed by atoms with Gasteiger partial charge in [0.15, 0.2) is 5.82 Å². The third-order valence-electron chi connectivity index (χ3n) is 4.98. The normalized spacial score (nSPS) is 11.3. The maximum atomic E-state index is 13.1. The summed E-state index contributed by atoms with van der Waals surface area (Å²) in [7, 11) is 0. The summed E-state index contributed by atoms with van der Waals surface area (Å²) in [6.07, 6.45) is -0.379. The summed E-state index contributed by atoms with van der Waals surface area (Å²) in [4.78, 5) is 19.9. The first-order chi connectivity index (χ1) is 16.7. The van der Waals surface area contributed by atoms with Crippen LogP contribution in [0, 0.1) is 0 Å². The zero-order valence-corrected chi connectivity index (χ0v) is 19.5. The van der Waals surface area contributed by atoms with Crippen molar-refractivity contribution in [3.63, 3.8) is 0 Å². The minimum atomic E-state index is -4.57. The number of anilines is 1. The Labute approximate surface area is 208 Å². The number of aromatic carboxylic acids is 1. The summed E-state index contributed by atoms with van der Waals surface area (Å²) in [5.41, 5.74) is 1.97. The summed E-state index contributed by atoms with van der Waals surface area (Å²) < 4.78 is 41.0. The molecule has 1 N–H and O–H groups in total. The predicted molar refractivity (Wildman–Crippen MR) is 129 cm³/mol. The van der Waals surface area contributed by atoms with Crippen LogP contribution in [0.1, 0.15) is 21.5 Å². The molecular weight excluding hydrogens is 499 g/mol. The smallest absolute Gasteiger partial charge is 0.417 e. The van der Waals surface area contributed by atoms with E-state index in [1.165, 1.54) is 24.1 Å². The molecule has 10 heteroatoms. The molecule has 35 heavy (non-hydrogen) atoms. The fourth-order valence-corrected chi connectivity index (χ4v) is 4.48. The molecule has 5 nitrogen and oxygen atoms in total. The molecule has 2 heterocycles. The van der Waals surface area contributed by atoms with Crippen molar-refractivity contribution >= 4 is 35.3 Å². The second-order valence-electron chi connectivity index (χ2n) is 7.42. The number of alkyl halides is 3. The van der Waals surface area contributed by atoms with Crippen LogP contribution in [0.15, 0.2) is 90.2 Å². The van der Waals surface area contributed by atoms with E-state index in [1.54, 1.807) is 28.8 Å². The number of rotatable bonds is 7. The van der Waals surface area contributed by atoms with Crippen molar-refractivity contribution < 1.29 is 23.1 Å². The first kappa shape index (κ1) is 24.6. The first-order valence-electron chi connectivity index (χ1n) is 10.2. The van der Waals surface area contributed by atoms with Gasteiger partial charge in [-0.1, -0.05) is 41.9 Å². The third kappa shape index (κ3) is 6.12. The number of aromatic nitrogens is 2. The van der Waals surface area contributed by atoms with E-state index in [4.69, 9.17) is 16.7 Å². The van der Waals surface area contributed by atoms with Crippen LogP contribution in [0.4, 0.5) is 19.0 Å². The van der Waals surface area contributed by atoms with Crippen LogP contribution in [-0.4, -0.2) is 21.0 Å². The maximum Gasteiger partial charge on any atom is 0.417 e. The van der Waals surface area contributed by atoms with Crippen LogP contribution in [-0.2, 0) is 12.7 Å². The van der Waals surface area contributed by atoms with Gasteiger partial charge in [0.2, 0.25) is 0 Å². The van der Waals surface area contributed by atoms with Crippen molar-refractivity contribution in [2.45, 2.75) is 17.6 Å². The molecule has 0 saturated carbocycles. The molecule has 2 aromatic heterocycles. The highest BCUT2D eigenvalue weighted by Gasteiger charge is 2.32. The van der Waals surface area contributed by atoms with Gasteiger partial charge in [0.25, 0.3) is 0 Å². The van der Waals surface area contributed by atoms with Gasteiger partial charge in [-0.2, -0.15) is 13.2 Å². The average Bonchev–Trinajstić information content (AvgIpc) is 2.84. The van der Waals surface area contributed by atoms with E-state index in [-0.39, 0.29) is 22.9 Å². The fraction of sp³-hybridized carbons (Fsp3) is 0.0800. The Bertz CT molecular complexity index is 1320. The number of carboxylic acid groups (broad SMARTS) is 1. The number of hydrogen-bond acceptors (Lipinski definition) is 5. The number of halogens is 4. The highest BCUT2D eigenvalue weighted by molar-refractivity contribution is 8.00. The number of hydrogen-bond donors (Lipinski definition) is 1. The van der Waals surface area contributed by atoms with Gasteiger partial charge in [0.1, 0.15) is 0 Å². The number of benzene rings is 2. The van der Waals surface area contributed by atoms with Gasteiger partial charge in [0, 0.05) is 23.5 Å². The molecule has 0 bridgehead atoms. The molecule has 4 rings (SSSR count). The molecule has 0 unspecified atom stereocenters. The molecule has 0 radical (unpaired) electrons. The van der Waals surface area contributed by atoms with Gasteiger partial charge in [-0.3, -0.25) is 9.29 Å². The molecule has 0 aliphatic heterocycles. The fourth-order valence-electron chi connectivity index (χ4n) is 3.21. The highest BCUT2D eigenvalue weighted by atomic mass is 35.5. The number of nitrogens with zero attached hydrogens (tertiary/aromatic N) is 3. The van der Waals surface area contributed by atoms with Gasteiger partial charge >= 0.3 is 12.1 Å². The Morgan fingerprint density at radius 2 is 1.71 bits per heavy atom. The summed E-state index contributed by atoms with van der Waals surface area (Å²) in [5, 5.41) is 8.97. The van der Waals surface area contributed by atoms with Crippen molar-refractivity contribution in [2.24, 2.45) is 0 Å². The zero-order valence-electron chi connectivity index (χ0n) is 17.9. The number of carboxylic acids is 1. The van der Waals surface area contributed by atoms with Crippen molar-refractivity contribution in [1.82, 2.24) is 9.97 Å². The lowest BCUT2D eigenvalue weighted by Gasteiger charge is -2.24. The number of pyridine rings is 2. The molecule has 0 amide bonds. The van der Waals surface area contributed by atoms with E-state index in [1.807, 2.05) is 36.4 Å². The second kappa shape index (κ2) is 10.4. The van der Waals surface area contributed by atoms with Gasteiger partial charge < -0.3 is 5.11 Å². The molecule has 0 fully saturated rings. The summed E-state index contributed by atoms with van der Waals surface area (Å²) in [5.74, 6) is -0.900. The standard InChI is InChI=1S/C25H17ClF3N3O2S/c26-22-12-20(25(27,28)29)14-31-23(22)32(35-21-9-7-18(8-10-21)24(33)34)15-16-3-5-17(6-4-16)19-2-1-11-30-13-19/h1-14H,15H2,(H,33,34).